The molecule has 24 heavy (non-hydrogen) atoms. The van der Waals surface area contributed by atoms with Crippen molar-refractivity contribution in [3.63, 3.8) is 0 Å². The van der Waals surface area contributed by atoms with Crippen LogP contribution in [0.2, 0.25) is 0 Å². The van der Waals surface area contributed by atoms with Gasteiger partial charge in [-0.2, -0.15) is 0 Å². The maximum absolute atomic E-state index is 13.1. The first-order chi connectivity index (χ1) is 11.6. The van der Waals surface area contributed by atoms with E-state index in [-0.39, 0.29) is 17.3 Å². The molecule has 4 rings (SSSR count). The minimum Gasteiger partial charge on any atom is -0.295 e. The van der Waals surface area contributed by atoms with E-state index in [1.807, 2.05) is 24.3 Å². The van der Waals surface area contributed by atoms with Gasteiger partial charge in [0.05, 0.1) is 5.69 Å². The molecule has 2 aliphatic heterocycles. The second-order valence-electron chi connectivity index (χ2n) is 5.59. The van der Waals surface area contributed by atoms with Gasteiger partial charge in [0.15, 0.2) is 0 Å². The summed E-state index contributed by atoms with van der Waals surface area (Å²) in [5.41, 5.74) is 1.38. The molecule has 2 aromatic rings. The molecule has 3 amide bonds. The standard InChI is InChI=1S/C17H12BrFN2O2S/c18-11-3-1-10(2-4-11)16-21-14(9-24-16)15(22)20(17(21)23)13-7-5-12(19)6-8-13/h1-8,14,16H,9H2/t14-,16+/m1/s1. The van der Waals surface area contributed by atoms with Crippen molar-refractivity contribution in [2.45, 2.75) is 11.4 Å². The summed E-state index contributed by atoms with van der Waals surface area (Å²) in [5.74, 6) is -0.0939. The maximum atomic E-state index is 13.1. The lowest BCUT2D eigenvalue weighted by molar-refractivity contribution is -0.119. The molecule has 0 N–H and O–H groups in total. The first-order valence-electron chi connectivity index (χ1n) is 7.35. The third-order valence-electron chi connectivity index (χ3n) is 4.16. The number of fused-ring (bicyclic) bond motifs is 1. The highest BCUT2D eigenvalue weighted by molar-refractivity contribution is 9.10. The van der Waals surface area contributed by atoms with Gasteiger partial charge < -0.3 is 0 Å². The van der Waals surface area contributed by atoms with E-state index in [0.717, 1.165) is 14.9 Å². The van der Waals surface area contributed by atoms with Crippen LogP contribution in [0, 0.1) is 5.82 Å². The van der Waals surface area contributed by atoms with Gasteiger partial charge in [-0.1, -0.05) is 28.1 Å². The van der Waals surface area contributed by atoms with Crippen LogP contribution in [0.4, 0.5) is 14.9 Å². The van der Waals surface area contributed by atoms with Crippen molar-refractivity contribution < 1.29 is 14.0 Å². The van der Waals surface area contributed by atoms with E-state index in [9.17, 15) is 14.0 Å². The Hall–Kier alpha value is -1.86. The highest BCUT2D eigenvalue weighted by Gasteiger charge is 2.53. The number of carbonyl (C=O) groups is 2. The number of benzene rings is 2. The maximum Gasteiger partial charge on any atom is 0.333 e. The lowest BCUT2D eigenvalue weighted by Crippen LogP contribution is -2.33. The largest absolute Gasteiger partial charge is 0.333 e. The van der Waals surface area contributed by atoms with Gasteiger partial charge in [-0.3, -0.25) is 9.69 Å². The minimum absolute atomic E-state index is 0.190. The highest BCUT2D eigenvalue weighted by Crippen LogP contribution is 2.46. The number of urea groups is 1. The molecule has 0 radical (unpaired) electrons. The van der Waals surface area contributed by atoms with E-state index in [2.05, 4.69) is 15.9 Å². The van der Waals surface area contributed by atoms with E-state index in [1.165, 1.54) is 24.3 Å². The SMILES string of the molecule is O=C1[C@H]2CS[C@@H](c3ccc(Br)cc3)N2C(=O)N1c1ccc(F)cc1. The van der Waals surface area contributed by atoms with Gasteiger partial charge in [0.2, 0.25) is 0 Å². The molecular weight excluding hydrogens is 395 g/mol. The second kappa shape index (κ2) is 5.89. The summed E-state index contributed by atoms with van der Waals surface area (Å²) in [5, 5.41) is -0.190. The summed E-state index contributed by atoms with van der Waals surface area (Å²) in [6, 6.07) is 12.3. The number of rotatable bonds is 2. The Morgan fingerprint density at radius 2 is 1.71 bits per heavy atom. The van der Waals surface area contributed by atoms with Crippen LogP contribution in [0.5, 0.6) is 0 Å². The van der Waals surface area contributed by atoms with E-state index in [4.69, 9.17) is 0 Å². The summed E-state index contributed by atoms with van der Waals surface area (Å²) in [4.78, 5) is 28.3. The molecule has 0 aromatic heterocycles. The van der Waals surface area contributed by atoms with Crippen molar-refractivity contribution in [1.82, 2.24) is 4.90 Å². The topological polar surface area (TPSA) is 40.6 Å². The van der Waals surface area contributed by atoms with Gasteiger partial charge in [0.25, 0.3) is 5.91 Å². The molecule has 0 spiro atoms. The van der Waals surface area contributed by atoms with Gasteiger partial charge in [-0.25, -0.2) is 14.1 Å². The number of hydrogen-bond donors (Lipinski definition) is 0. The molecule has 2 atom stereocenters. The summed E-state index contributed by atoms with van der Waals surface area (Å²) in [7, 11) is 0. The van der Waals surface area contributed by atoms with Crippen LogP contribution in [0.3, 0.4) is 0 Å². The Bertz CT molecular complexity index is 812. The van der Waals surface area contributed by atoms with Crippen LogP contribution < -0.4 is 4.90 Å². The molecule has 2 saturated heterocycles. The third kappa shape index (κ3) is 2.43. The fourth-order valence-corrected chi connectivity index (χ4v) is 4.68. The molecule has 7 heteroatoms. The van der Waals surface area contributed by atoms with E-state index in [0.29, 0.717) is 11.4 Å². The van der Waals surface area contributed by atoms with Crippen molar-refractivity contribution in [3.8, 4) is 0 Å². The zero-order chi connectivity index (χ0) is 16.8. The van der Waals surface area contributed by atoms with E-state index < -0.39 is 11.9 Å². The number of imide groups is 1. The average Bonchev–Trinajstić information content (AvgIpc) is 3.11. The van der Waals surface area contributed by atoms with Crippen molar-refractivity contribution in [2.75, 3.05) is 10.7 Å². The fraction of sp³-hybridized carbons (Fsp3) is 0.176. The molecule has 122 valence electrons. The van der Waals surface area contributed by atoms with Crippen LogP contribution in [0.15, 0.2) is 53.0 Å². The smallest absolute Gasteiger partial charge is 0.295 e. The van der Waals surface area contributed by atoms with Gasteiger partial charge in [-0.05, 0) is 42.0 Å². The number of hydrogen-bond acceptors (Lipinski definition) is 3. The molecule has 0 unspecified atom stereocenters. The summed E-state index contributed by atoms with van der Waals surface area (Å²) < 4.78 is 14.1. The molecule has 2 aliphatic rings. The van der Waals surface area contributed by atoms with Crippen LogP contribution in [-0.2, 0) is 4.79 Å². The van der Waals surface area contributed by atoms with Crippen LogP contribution in [0.25, 0.3) is 0 Å². The van der Waals surface area contributed by atoms with Crippen molar-refractivity contribution >= 4 is 45.3 Å². The molecule has 4 nitrogen and oxygen atoms in total. The van der Waals surface area contributed by atoms with Gasteiger partial charge in [0, 0.05) is 10.2 Å². The number of thioether (sulfide) groups is 1. The molecular formula is C17H12BrFN2O2S. The predicted octanol–water partition coefficient (Wildman–Crippen LogP) is 4.17. The van der Waals surface area contributed by atoms with E-state index >= 15 is 0 Å². The Morgan fingerprint density at radius 1 is 1.04 bits per heavy atom. The third-order valence-corrected chi connectivity index (χ3v) is 6.01. The number of anilines is 1. The van der Waals surface area contributed by atoms with Crippen molar-refractivity contribution in [1.29, 1.82) is 0 Å². The summed E-state index contributed by atoms with van der Waals surface area (Å²) >= 11 is 4.98. The Morgan fingerprint density at radius 3 is 2.38 bits per heavy atom. The summed E-state index contributed by atoms with van der Waals surface area (Å²) in [6.07, 6.45) is 0. The van der Waals surface area contributed by atoms with E-state index in [1.54, 1.807) is 16.7 Å². The molecule has 0 saturated carbocycles. The number of halogens is 2. The van der Waals surface area contributed by atoms with Crippen LogP contribution >= 0.6 is 27.7 Å². The van der Waals surface area contributed by atoms with Gasteiger partial charge in [-0.15, -0.1) is 11.8 Å². The monoisotopic (exact) mass is 406 g/mol. The molecule has 2 fully saturated rings. The lowest BCUT2D eigenvalue weighted by atomic mass is 10.2. The van der Waals surface area contributed by atoms with Gasteiger partial charge in [0.1, 0.15) is 17.2 Å². The van der Waals surface area contributed by atoms with Crippen molar-refractivity contribution in [2.24, 2.45) is 0 Å². The first kappa shape index (κ1) is 15.7. The fourth-order valence-electron chi connectivity index (χ4n) is 3.00. The average molecular weight is 407 g/mol. The number of amides is 3. The zero-order valence-electron chi connectivity index (χ0n) is 12.4. The minimum atomic E-state index is -0.471. The molecule has 2 heterocycles. The Balaban J connectivity index is 1.67. The van der Waals surface area contributed by atoms with Crippen LogP contribution in [-0.4, -0.2) is 28.6 Å². The summed E-state index contributed by atoms with van der Waals surface area (Å²) in [6.45, 7) is 0. The second-order valence-corrected chi connectivity index (χ2v) is 7.62. The van der Waals surface area contributed by atoms with Gasteiger partial charge >= 0.3 is 6.03 Å². The number of nitrogens with zero attached hydrogens (tertiary/aromatic N) is 2. The molecule has 2 aromatic carbocycles. The normalized spacial score (nSPS) is 23.1. The number of carbonyl (C=O) groups excluding carboxylic acids is 2. The molecule has 0 bridgehead atoms. The lowest BCUT2D eigenvalue weighted by Gasteiger charge is -2.23. The Labute approximate surface area is 150 Å². The Kier molecular flexibility index (Phi) is 3.85. The highest BCUT2D eigenvalue weighted by atomic mass is 79.9. The predicted molar refractivity (Wildman–Crippen MR) is 94.3 cm³/mol. The zero-order valence-corrected chi connectivity index (χ0v) is 14.8. The molecule has 0 aliphatic carbocycles. The quantitative estimate of drug-likeness (QED) is 0.702. The van der Waals surface area contributed by atoms with Crippen LogP contribution in [0.1, 0.15) is 10.9 Å². The first-order valence-corrected chi connectivity index (χ1v) is 9.19. The van der Waals surface area contributed by atoms with Crippen molar-refractivity contribution in [3.05, 3.63) is 64.4 Å².